The van der Waals surface area contributed by atoms with E-state index in [0.29, 0.717) is 5.75 Å². The van der Waals surface area contributed by atoms with Crippen LogP contribution in [0.3, 0.4) is 0 Å². The summed E-state index contributed by atoms with van der Waals surface area (Å²) in [5.41, 5.74) is 3.13. The maximum absolute atomic E-state index is 11.3. The van der Waals surface area contributed by atoms with Crippen molar-refractivity contribution < 1.29 is 14.4 Å². The lowest BCUT2D eigenvalue weighted by atomic mass is 10.2. The Labute approximate surface area is 105 Å². The molecule has 0 atom stereocenters. The molecule has 0 saturated heterocycles. The second-order valence-electron chi connectivity index (χ2n) is 3.58. The van der Waals surface area contributed by atoms with Crippen molar-refractivity contribution in [3.05, 3.63) is 66.2 Å². The van der Waals surface area contributed by atoms with E-state index in [1.165, 1.54) is 0 Å². The Morgan fingerprint density at radius 1 is 0.944 bits per heavy atom. The van der Waals surface area contributed by atoms with Crippen LogP contribution in [-0.2, 0) is 11.3 Å². The van der Waals surface area contributed by atoms with Gasteiger partial charge in [0.2, 0.25) is 0 Å². The molecule has 4 nitrogen and oxygen atoms in total. The third-order valence-corrected chi connectivity index (χ3v) is 2.21. The molecule has 0 radical (unpaired) electrons. The molecule has 0 spiro atoms. The number of ether oxygens (including phenoxy) is 1. The molecule has 0 heterocycles. The molecule has 0 aliphatic carbocycles. The minimum Gasteiger partial charge on any atom is -0.443 e. The number of carbonyl (C=O) groups is 1. The van der Waals surface area contributed by atoms with E-state index in [1.54, 1.807) is 12.1 Å². The number of benzene rings is 2. The minimum absolute atomic E-state index is 0.213. The van der Waals surface area contributed by atoms with E-state index in [1.807, 2.05) is 48.5 Å². The number of nitrogens with one attached hydrogen (secondary N) is 1. The van der Waals surface area contributed by atoms with Gasteiger partial charge >= 0.3 is 6.09 Å². The van der Waals surface area contributed by atoms with Crippen LogP contribution in [-0.4, -0.2) is 6.09 Å². The zero-order valence-corrected chi connectivity index (χ0v) is 9.71. The second-order valence-corrected chi connectivity index (χ2v) is 3.58. The zero-order valence-electron chi connectivity index (χ0n) is 9.71. The summed E-state index contributed by atoms with van der Waals surface area (Å²) < 4.78 is 4.97. The average molecular weight is 243 g/mol. The smallest absolute Gasteiger partial charge is 0.440 e. The molecule has 0 aliphatic heterocycles. The number of hydroxylamine groups is 1. The van der Waals surface area contributed by atoms with Crippen molar-refractivity contribution >= 4 is 6.09 Å². The normalized spacial score (nSPS) is 9.56. The molecular weight excluding hydrogens is 230 g/mol. The van der Waals surface area contributed by atoms with Gasteiger partial charge in [-0.25, -0.2) is 4.79 Å². The van der Waals surface area contributed by atoms with E-state index >= 15 is 0 Å². The Kier molecular flexibility index (Phi) is 4.19. The third kappa shape index (κ3) is 3.83. The molecule has 1 amide bonds. The van der Waals surface area contributed by atoms with Gasteiger partial charge in [-0.2, -0.15) is 5.48 Å². The van der Waals surface area contributed by atoms with E-state index in [0.717, 1.165) is 5.56 Å². The van der Waals surface area contributed by atoms with Gasteiger partial charge in [-0.3, -0.25) is 0 Å². The Morgan fingerprint density at radius 2 is 1.56 bits per heavy atom. The van der Waals surface area contributed by atoms with Crippen LogP contribution >= 0.6 is 0 Å². The summed E-state index contributed by atoms with van der Waals surface area (Å²) in [7, 11) is 0. The molecule has 1 N–H and O–H groups in total. The Bertz CT molecular complexity index is 439. The van der Waals surface area contributed by atoms with Gasteiger partial charge in [0.1, 0.15) is 6.61 Å². The van der Waals surface area contributed by atoms with E-state index in [9.17, 15) is 4.79 Å². The molecule has 0 fully saturated rings. The van der Waals surface area contributed by atoms with Gasteiger partial charge in [-0.05, 0) is 17.7 Å². The first kappa shape index (κ1) is 12.0. The highest BCUT2D eigenvalue weighted by Gasteiger charge is 2.02. The monoisotopic (exact) mass is 243 g/mol. The zero-order chi connectivity index (χ0) is 12.6. The van der Waals surface area contributed by atoms with E-state index in [-0.39, 0.29) is 6.61 Å². The third-order valence-electron chi connectivity index (χ3n) is 2.21. The highest BCUT2D eigenvalue weighted by atomic mass is 16.7. The number of hydrogen-bond donors (Lipinski definition) is 1. The van der Waals surface area contributed by atoms with Crippen molar-refractivity contribution in [2.24, 2.45) is 0 Å². The fourth-order valence-corrected chi connectivity index (χ4v) is 1.34. The summed E-state index contributed by atoms with van der Waals surface area (Å²) in [4.78, 5) is 16.4. The van der Waals surface area contributed by atoms with Crippen LogP contribution in [0.2, 0.25) is 0 Å². The van der Waals surface area contributed by atoms with Gasteiger partial charge in [0.15, 0.2) is 5.75 Å². The molecule has 0 bridgehead atoms. The van der Waals surface area contributed by atoms with Crippen molar-refractivity contribution in [1.29, 1.82) is 0 Å². The van der Waals surface area contributed by atoms with Gasteiger partial charge in [0, 0.05) is 0 Å². The Morgan fingerprint density at radius 3 is 2.22 bits per heavy atom. The molecular formula is C14H13NO3. The predicted molar refractivity (Wildman–Crippen MR) is 66.8 cm³/mol. The van der Waals surface area contributed by atoms with Gasteiger partial charge in [-0.1, -0.05) is 48.5 Å². The van der Waals surface area contributed by atoms with Crippen molar-refractivity contribution in [1.82, 2.24) is 5.48 Å². The number of amides is 1. The van der Waals surface area contributed by atoms with Gasteiger partial charge in [0.05, 0.1) is 0 Å². The first-order valence-electron chi connectivity index (χ1n) is 5.53. The number of para-hydroxylation sites is 1. The van der Waals surface area contributed by atoms with Crippen molar-refractivity contribution in [2.75, 3.05) is 0 Å². The topological polar surface area (TPSA) is 47.6 Å². The summed E-state index contributed by atoms with van der Waals surface area (Å²) in [5, 5.41) is 0. The molecule has 2 rings (SSSR count). The van der Waals surface area contributed by atoms with Crippen LogP contribution < -0.4 is 10.3 Å². The predicted octanol–water partition coefficient (Wildman–Crippen LogP) is 2.91. The maximum Gasteiger partial charge on any atom is 0.440 e. The van der Waals surface area contributed by atoms with Crippen LogP contribution in [0, 0.1) is 0 Å². The molecule has 0 saturated carbocycles. The van der Waals surface area contributed by atoms with Gasteiger partial charge in [-0.15, -0.1) is 0 Å². The molecule has 2 aromatic rings. The quantitative estimate of drug-likeness (QED) is 0.840. The minimum atomic E-state index is -0.622. The highest BCUT2D eigenvalue weighted by molar-refractivity contribution is 5.66. The number of rotatable bonds is 4. The number of carbonyl (C=O) groups excluding carboxylic acids is 1. The maximum atomic E-state index is 11.3. The van der Waals surface area contributed by atoms with Gasteiger partial charge in [0.25, 0.3) is 0 Å². The number of hydrogen-bond acceptors (Lipinski definition) is 3. The van der Waals surface area contributed by atoms with Crippen LogP contribution in [0.4, 0.5) is 4.79 Å². The standard InChI is InChI=1S/C14H13NO3/c16-14(15-18-13-9-5-2-6-10-13)17-11-12-7-3-1-4-8-12/h1-10H,11H2,(H,15,16). The largest absolute Gasteiger partial charge is 0.443 e. The fourth-order valence-electron chi connectivity index (χ4n) is 1.34. The van der Waals surface area contributed by atoms with Crippen LogP contribution in [0.5, 0.6) is 5.75 Å². The highest BCUT2D eigenvalue weighted by Crippen LogP contribution is 2.06. The van der Waals surface area contributed by atoms with Crippen molar-refractivity contribution in [3.63, 3.8) is 0 Å². The summed E-state index contributed by atoms with van der Waals surface area (Å²) >= 11 is 0. The molecule has 92 valence electrons. The van der Waals surface area contributed by atoms with Crippen LogP contribution in [0.15, 0.2) is 60.7 Å². The van der Waals surface area contributed by atoms with Crippen molar-refractivity contribution in [3.8, 4) is 5.75 Å². The SMILES string of the molecule is O=C(NOc1ccccc1)OCc1ccccc1. The van der Waals surface area contributed by atoms with Gasteiger partial charge < -0.3 is 9.57 Å². The van der Waals surface area contributed by atoms with Crippen LogP contribution in [0.1, 0.15) is 5.56 Å². The first-order valence-corrected chi connectivity index (χ1v) is 5.53. The van der Waals surface area contributed by atoms with Crippen LogP contribution in [0.25, 0.3) is 0 Å². The lowest BCUT2D eigenvalue weighted by Gasteiger charge is -2.07. The summed E-state index contributed by atoms with van der Waals surface area (Å²) in [6.07, 6.45) is -0.622. The summed E-state index contributed by atoms with van der Waals surface area (Å²) in [6.45, 7) is 0.213. The average Bonchev–Trinajstić information content (AvgIpc) is 2.45. The van der Waals surface area contributed by atoms with Crippen molar-refractivity contribution in [2.45, 2.75) is 6.61 Å². The first-order chi connectivity index (χ1) is 8.84. The Balaban J connectivity index is 1.73. The molecule has 18 heavy (non-hydrogen) atoms. The molecule has 0 aromatic heterocycles. The summed E-state index contributed by atoms with van der Waals surface area (Å²) in [5.74, 6) is 0.550. The fraction of sp³-hybridized carbons (Fsp3) is 0.0714. The molecule has 4 heteroatoms. The lowest BCUT2D eigenvalue weighted by Crippen LogP contribution is -2.27. The molecule has 0 unspecified atom stereocenters. The van der Waals surface area contributed by atoms with E-state index < -0.39 is 6.09 Å². The lowest BCUT2D eigenvalue weighted by molar-refractivity contribution is 0.0947. The summed E-state index contributed by atoms with van der Waals surface area (Å²) in [6, 6.07) is 18.4. The Hall–Kier alpha value is -2.49. The van der Waals surface area contributed by atoms with E-state index in [4.69, 9.17) is 9.57 Å². The second kappa shape index (κ2) is 6.30. The van der Waals surface area contributed by atoms with E-state index in [2.05, 4.69) is 5.48 Å². The molecule has 0 aliphatic rings. The molecule has 2 aromatic carbocycles.